The van der Waals surface area contributed by atoms with Crippen molar-refractivity contribution < 1.29 is 4.79 Å². The van der Waals surface area contributed by atoms with Gasteiger partial charge in [0.2, 0.25) is 0 Å². The highest BCUT2D eigenvalue weighted by Gasteiger charge is 2.32. The van der Waals surface area contributed by atoms with Crippen molar-refractivity contribution in [1.29, 1.82) is 0 Å². The number of amides is 1. The summed E-state index contributed by atoms with van der Waals surface area (Å²) in [5, 5.41) is 11.8. The van der Waals surface area contributed by atoms with Gasteiger partial charge in [-0.2, -0.15) is 5.10 Å². The van der Waals surface area contributed by atoms with Crippen LogP contribution in [0.3, 0.4) is 0 Å². The molecule has 0 aliphatic carbocycles. The lowest BCUT2D eigenvalue weighted by Gasteiger charge is -2.29. The van der Waals surface area contributed by atoms with Crippen LogP contribution in [-0.2, 0) is 19.0 Å². The zero-order valence-corrected chi connectivity index (χ0v) is 23.2. The summed E-state index contributed by atoms with van der Waals surface area (Å²) in [6, 6.07) is 8.77. The monoisotopic (exact) mass is 555 g/mol. The number of nitrogens with one attached hydrogen (secondary N) is 1. The molecular formula is C30H26BN9O2. The molecule has 11 nitrogen and oxygen atoms in total. The molecule has 5 rings (SSSR count). The van der Waals surface area contributed by atoms with Gasteiger partial charge in [-0.1, -0.05) is 36.1 Å². The van der Waals surface area contributed by atoms with Crippen molar-refractivity contribution in [2.75, 3.05) is 5.73 Å². The molecule has 0 saturated heterocycles. The van der Waals surface area contributed by atoms with Crippen molar-refractivity contribution in [2.45, 2.75) is 18.9 Å². The zero-order valence-electron chi connectivity index (χ0n) is 23.2. The molecule has 5 aromatic rings. The minimum absolute atomic E-state index is 0.0326. The standard InChI is InChI=1S/C30H26BN9O2/c1-4-5-6-7-8-17-39-28(42)23-20(13-14-21-15-19-38(3)36-21)11-9-12-22(23)34-29(39)30(2,31)35-27(41)24-25(32)37-40-18-10-16-33-26(24)40/h1,5-12,15-16,18-19H,17,31H2,2-3H3,(H2,32,37)(H,35,41)/b6-5-,8-7-/t30-/m0/s1. The van der Waals surface area contributed by atoms with Gasteiger partial charge in [-0.25, -0.2) is 14.5 Å². The first kappa shape index (κ1) is 27.7. The van der Waals surface area contributed by atoms with E-state index in [0.717, 1.165) is 0 Å². The molecule has 0 radical (unpaired) electrons. The lowest BCUT2D eigenvalue weighted by Crippen LogP contribution is -2.48. The van der Waals surface area contributed by atoms with Gasteiger partial charge < -0.3 is 11.1 Å². The van der Waals surface area contributed by atoms with Crippen LogP contribution in [0.1, 0.15) is 34.4 Å². The second kappa shape index (κ2) is 11.3. The highest BCUT2D eigenvalue weighted by atomic mass is 16.2. The molecule has 42 heavy (non-hydrogen) atoms. The van der Waals surface area contributed by atoms with Crippen molar-refractivity contribution in [2.24, 2.45) is 7.05 Å². The van der Waals surface area contributed by atoms with Crippen LogP contribution in [0, 0.1) is 24.2 Å². The fraction of sp³-hybridized carbons (Fsp3) is 0.133. The van der Waals surface area contributed by atoms with Crippen LogP contribution in [0.4, 0.5) is 5.82 Å². The average molecular weight is 555 g/mol. The Bertz CT molecular complexity index is 2060. The van der Waals surface area contributed by atoms with E-state index in [1.165, 1.54) is 9.08 Å². The summed E-state index contributed by atoms with van der Waals surface area (Å²) in [4.78, 5) is 36.7. The van der Waals surface area contributed by atoms with Gasteiger partial charge in [0, 0.05) is 37.7 Å². The molecule has 0 aliphatic heterocycles. The molecule has 1 amide bonds. The lowest BCUT2D eigenvalue weighted by atomic mass is 9.78. The zero-order chi connectivity index (χ0) is 29.9. The van der Waals surface area contributed by atoms with E-state index < -0.39 is 11.3 Å². The van der Waals surface area contributed by atoms with Crippen LogP contribution in [0.15, 0.2) is 78.0 Å². The van der Waals surface area contributed by atoms with Crippen molar-refractivity contribution in [3.63, 3.8) is 0 Å². The summed E-state index contributed by atoms with van der Waals surface area (Å²) in [5.41, 5.74) is 6.61. The van der Waals surface area contributed by atoms with Crippen LogP contribution in [0.2, 0.25) is 0 Å². The second-order valence-corrected chi connectivity index (χ2v) is 9.86. The summed E-state index contributed by atoms with van der Waals surface area (Å²) < 4.78 is 4.60. The minimum Gasteiger partial charge on any atom is -0.381 e. The number of nitrogen functional groups attached to an aromatic ring is 1. The van der Waals surface area contributed by atoms with E-state index in [2.05, 4.69) is 38.3 Å². The third-order valence-corrected chi connectivity index (χ3v) is 6.38. The van der Waals surface area contributed by atoms with Crippen molar-refractivity contribution in [3.8, 4) is 24.2 Å². The predicted molar refractivity (Wildman–Crippen MR) is 163 cm³/mol. The second-order valence-electron chi connectivity index (χ2n) is 9.86. The first-order valence-corrected chi connectivity index (χ1v) is 12.9. The summed E-state index contributed by atoms with van der Waals surface area (Å²) in [5.74, 6) is 8.36. The number of allylic oxidation sites excluding steroid dienone is 4. The number of terminal acetylenes is 1. The molecule has 0 bridgehead atoms. The summed E-state index contributed by atoms with van der Waals surface area (Å²) in [6.45, 7) is 1.92. The number of carbonyl (C=O) groups is 1. The molecule has 12 heteroatoms. The number of anilines is 1. The third-order valence-electron chi connectivity index (χ3n) is 6.38. The Balaban J connectivity index is 1.62. The number of rotatable bonds is 6. The molecular weight excluding hydrogens is 529 g/mol. The number of aryl methyl sites for hydroxylation is 1. The quantitative estimate of drug-likeness (QED) is 0.182. The maximum absolute atomic E-state index is 14.1. The first-order chi connectivity index (χ1) is 20.2. The molecule has 4 aromatic heterocycles. The Morgan fingerprint density at radius 2 is 2.02 bits per heavy atom. The number of nitrogens with zero attached hydrogens (tertiary/aromatic N) is 7. The summed E-state index contributed by atoms with van der Waals surface area (Å²) in [6.07, 6.45) is 17.0. The molecule has 1 atom stereocenters. The fourth-order valence-electron chi connectivity index (χ4n) is 4.51. The number of hydrogen-bond acceptors (Lipinski definition) is 7. The topological polar surface area (TPSA) is 138 Å². The van der Waals surface area contributed by atoms with E-state index in [0.29, 0.717) is 33.6 Å². The number of fused-ring (bicyclic) bond motifs is 2. The highest BCUT2D eigenvalue weighted by Crippen LogP contribution is 2.22. The molecule has 1 aromatic carbocycles. The van der Waals surface area contributed by atoms with Crippen molar-refractivity contribution in [1.82, 2.24) is 39.2 Å². The minimum atomic E-state index is -1.13. The first-order valence-electron chi connectivity index (χ1n) is 12.9. The molecule has 0 spiro atoms. The van der Waals surface area contributed by atoms with Gasteiger partial charge in [0.1, 0.15) is 24.9 Å². The fourth-order valence-corrected chi connectivity index (χ4v) is 4.51. The van der Waals surface area contributed by atoms with Gasteiger partial charge in [0.25, 0.3) is 11.5 Å². The van der Waals surface area contributed by atoms with Crippen LogP contribution in [-0.4, -0.2) is 47.7 Å². The SMILES string of the molecule is B[C@@](C)(NC(=O)c1c(N)nn2cccnc12)c1nc2cccc(C#Cc3ccn(C)n3)c2c(=O)n1C/C=C\C=C/C#C. The van der Waals surface area contributed by atoms with Crippen LogP contribution >= 0.6 is 0 Å². The molecule has 0 saturated carbocycles. The maximum Gasteiger partial charge on any atom is 0.262 e. The molecule has 0 fully saturated rings. The average Bonchev–Trinajstić information content (AvgIpc) is 3.53. The number of carbonyl (C=O) groups excluding carboxylic acids is 1. The lowest BCUT2D eigenvalue weighted by molar-refractivity contribution is 0.0929. The Kier molecular flexibility index (Phi) is 7.46. The van der Waals surface area contributed by atoms with E-state index in [1.54, 1.807) is 99.7 Å². The summed E-state index contributed by atoms with van der Waals surface area (Å²) in [7, 11) is 3.57. The molecule has 206 valence electrons. The largest absolute Gasteiger partial charge is 0.381 e. The molecule has 0 unspecified atom stereocenters. The van der Waals surface area contributed by atoms with Crippen molar-refractivity contribution >= 4 is 36.1 Å². The van der Waals surface area contributed by atoms with Gasteiger partial charge in [-0.05, 0) is 43.2 Å². The molecule has 4 heterocycles. The van der Waals surface area contributed by atoms with Gasteiger partial charge in [-0.15, -0.1) is 11.5 Å². The number of nitrogens with two attached hydrogens (primary N) is 1. The van der Waals surface area contributed by atoms with E-state index in [4.69, 9.17) is 17.1 Å². The Morgan fingerprint density at radius 1 is 1.19 bits per heavy atom. The van der Waals surface area contributed by atoms with Crippen LogP contribution in [0.25, 0.3) is 16.6 Å². The van der Waals surface area contributed by atoms with E-state index >= 15 is 0 Å². The van der Waals surface area contributed by atoms with Crippen LogP contribution < -0.4 is 16.6 Å². The third kappa shape index (κ3) is 5.42. The Labute approximate surface area is 242 Å². The van der Waals surface area contributed by atoms with E-state index in [-0.39, 0.29) is 23.5 Å². The molecule has 0 aliphatic rings. The van der Waals surface area contributed by atoms with Crippen LogP contribution in [0.5, 0.6) is 0 Å². The maximum atomic E-state index is 14.1. The van der Waals surface area contributed by atoms with Gasteiger partial charge >= 0.3 is 0 Å². The Morgan fingerprint density at radius 3 is 2.79 bits per heavy atom. The van der Waals surface area contributed by atoms with Gasteiger partial charge in [0.05, 0.1) is 16.3 Å². The van der Waals surface area contributed by atoms with E-state index in [1.807, 2.05) is 0 Å². The van der Waals surface area contributed by atoms with Gasteiger partial charge in [-0.3, -0.25) is 18.8 Å². The Hall–Kier alpha value is -5.88. The predicted octanol–water partition coefficient (Wildman–Crippen LogP) is 1.14. The van der Waals surface area contributed by atoms with E-state index in [9.17, 15) is 9.59 Å². The number of aromatic nitrogens is 7. The number of hydrogen-bond donors (Lipinski definition) is 2. The smallest absolute Gasteiger partial charge is 0.262 e. The van der Waals surface area contributed by atoms with Gasteiger partial charge in [0.15, 0.2) is 11.5 Å². The molecule has 3 N–H and O–H groups in total. The normalized spacial score (nSPS) is 12.8. The number of benzene rings is 1. The highest BCUT2D eigenvalue weighted by molar-refractivity contribution is 6.18. The van der Waals surface area contributed by atoms with Crippen molar-refractivity contribution in [3.05, 3.63) is 106 Å². The summed E-state index contributed by atoms with van der Waals surface area (Å²) >= 11 is 0.